The van der Waals surface area contributed by atoms with Crippen LogP contribution in [0.25, 0.3) is 6.08 Å². The lowest BCUT2D eigenvalue weighted by Crippen LogP contribution is -2.13. The van der Waals surface area contributed by atoms with Gasteiger partial charge in [-0.25, -0.2) is 0 Å². The maximum atomic E-state index is 11.7. The molecular weight excluding hydrogens is 348 g/mol. The van der Waals surface area contributed by atoms with Gasteiger partial charge in [-0.1, -0.05) is 24.3 Å². The quantitative estimate of drug-likeness (QED) is 0.749. The Bertz CT molecular complexity index is 964. The molecule has 0 N–H and O–H groups in total. The Labute approximate surface area is 154 Å². The molecule has 0 radical (unpaired) electrons. The zero-order valence-electron chi connectivity index (χ0n) is 15.1. The maximum absolute atomic E-state index is 11.7. The third kappa shape index (κ3) is 3.96. The summed E-state index contributed by atoms with van der Waals surface area (Å²) in [6, 6.07) is 13.6. The van der Waals surface area contributed by atoms with E-state index in [1.807, 2.05) is 61.5 Å². The SMILES string of the molecule is CCS(=O)(=O)Oc1ccc(C=C2C=NN(c3ccccc3)C2)c(C)c1C. The summed E-state index contributed by atoms with van der Waals surface area (Å²) in [6.07, 6.45) is 3.93. The van der Waals surface area contributed by atoms with E-state index in [1.165, 1.54) is 0 Å². The van der Waals surface area contributed by atoms with Gasteiger partial charge in [0.2, 0.25) is 0 Å². The van der Waals surface area contributed by atoms with Crippen LogP contribution in [0.2, 0.25) is 0 Å². The lowest BCUT2D eigenvalue weighted by Gasteiger charge is -2.14. The van der Waals surface area contributed by atoms with Gasteiger partial charge in [0.1, 0.15) is 5.75 Å². The molecule has 6 heteroatoms. The van der Waals surface area contributed by atoms with Gasteiger partial charge in [0, 0.05) is 0 Å². The minimum Gasteiger partial charge on any atom is -0.382 e. The second-order valence-electron chi connectivity index (χ2n) is 6.19. The predicted octanol–water partition coefficient (Wildman–Crippen LogP) is 3.92. The number of hydrazone groups is 1. The molecule has 1 aliphatic rings. The molecule has 0 spiro atoms. The van der Waals surface area contributed by atoms with Crippen LogP contribution in [0.3, 0.4) is 0 Å². The van der Waals surface area contributed by atoms with Crippen LogP contribution in [0.4, 0.5) is 5.69 Å². The van der Waals surface area contributed by atoms with Crippen LogP contribution in [0.5, 0.6) is 5.75 Å². The van der Waals surface area contributed by atoms with E-state index in [-0.39, 0.29) is 5.75 Å². The summed E-state index contributed by atoms with van der Waals surface area (Å²) in [5.41, 5.74) is 4.99. The van der Waals surface area contributed by atoms with E-state index in [4.69, 9.17) is 4.18 Å². The summed E-state index contributed by atoms with van der Waals surface area (Å²) >= 11 is 0. The van der Waals surface area contributed by atoms with Crippen LogP contribution >= 0.6 is 0 Å². The van der Waals surface area contributed by atoms with Crippen LogP contribution in [-0.2, 0) is 10.1 Å². The standard InChI is InChI=1S/C20H22N2O3S/c1-4-26(23,24)25-20-11-10-18(15(2)16(20)3)12-17-13-21-22(14-17)19-8-6-5-7-9-19/h5-13H,4,14H2,1-3H3. The molecule has 26 heavy (non-hydrogen) atoms. The van der Waals surface area contributed by atoms with Gasteiger partial charge in [-0.15, -0.1) is 0 Å². The highest BCUT2D eigenvalue weighted by Gasteiger charge is 2.16. The molecule has 0 bridgehead atoms. The third-order valence-corrected chi connectivity index (χ3v) is 5.58. The molecule has 0 unspecified atom stereocenters. The molecule has 0 atom stereocenters. The first-order valence-corrected chi connectivity index (χ1v) is 10.1. The van der Waals surface area contributed by atoms with E-state index in [0.717, 1.165) is 28.0 Å². The first-order chi connectivity index (χ1) is 12.4. The van der Waals surface area contributed by atoms with Gasteiger partial charge < -0.3 is 4.18 Å². The zero-order chi connectivity index (χ0) is 18.7. The van der Waals surface area contributed by atoms with E-state index in [0.29, 0.717) is 12.3 Å². The fourth-order valence-electron chi connectivity index (χ4n) is 2.70. The molecule has 5 nitrogen and oxygen atoms in total. The van der Waals surface area contributed by atoms with Gasteiger partial charge in [0.15, 0.2) is 0 Å². The smallest absolute Gasteiger partial charge is 0.308 e. The first kappa shape index (κ1) is 18.2. The number of rotatable bonds is 5. The Morgan fingerprint density at radius 1 is 1.12 bits per heavy atom. The molecular formula is C20H22N2O3S. The van der Waals surface area contributed by atoms with Crippen molar-refractivity contribution < 1.29 is 12.6 Å². The van der Waals surface area contributed by atoms with Gasteiger partial charge in [0.25, 0.3) is 0 Å². The molecule has 0 saturated carbocycles. The minimum absolute atomic E-state index is 0.0525. The van der Waals surface area contributed by atoms with Crippen LogP contribution in [-0.4, -0.2) is 26.9 Å². The summed E-state index contributed by atoms with van der Waals surface area (Å²) in [4.78, 5) is 0. The average Bonchev–Trinajstić information content (AvgIpc) is 3.11. The van der Waals surface area contributed by atoms with Crippen molar-refractivity contribution in [3.05, 3.63) is 64.7 Å². The van der Waals surface area contributed by atoms with Crippen LogP contribution in [0.1, 0.15) is 23.6 Å². The summed E-state index contributed by atoms with van der Waals surface area (Å²) in [5, 5.41) is 6.39. The number of benzene rings is 2. The molecule has 136 valence electrons. The summed E-state index contributed by atoms with van der Waals surface area (Å²) in [5.74, 6) is 0.334. The monoisotopic (exact) mass is 370 g/mol. The molecule has 3 rings (SSSR count). The number of hydrogen-bond acceptors (Lipinski definition) is 5. The Hall–Kier alpha value is -2.60. The molecule has 2 aromatic carbocycles. The third-order valence-electron chi connectivity index (χ3n) is 4.44. The molecule has 1 aliphatic heterocycles. The molecule has 0 aromatic heterocycles. The number of anilines is 1. The summed E-state index contributed by atoms with van der Waals surface area (Å²) < 4.78 is 28.6. The van der Waals surface area contributed by atoms with Crippen molar-refractivity contribution in [3.63, 3.8) is 0 Å². The van der Waals surface area contributed by atoms with E-state index in [9.17, 15) is 8.42 Å². The molecule has 2 aromatic rings. The lowest BCUT2D eigenvalue weighted by atomic mass is 10.0. The maximum Gasteiger partial charge on any atom is 0.308 e. The average molecular weight is 370 g/mol. The highest BCUT2D eigenvalue weighted by atomic mass is 32.2. The van der Waals surface area contributed by atoms with E-state index < -0.39 is 10.1 Å². The van der Waals surface area contributed by atoms with E-state index in [1.54, 1.807) is 13.0 Å². The van der Waals surface area contributed by atoms with Gasteiger partial charge in [-0.3, -0.25) is 5.01 Å². The zero-order valence-corrected chi connectivity index (χ0v) is 16.0. The normalized spacial score (nSPS) is 15.7. The Balaban J connectivity index is 1.82. The van der Waals surface area contributed by atoms with Crippen LogP contribution in [0.15, 0.2) is 53.1 Å². The Morgan fingerprint density at radius 2 is 1.85 bits per heavy atom. The largest absolute Gasteiger partial charge is 0.382 e. The van der Waals surface area contributed by atoms with Gasteiger partial charge >= 0.3 is 10.1 Å². The van der Waals surface area contributed by atoms with Crippen molar-refractivity contribution in [2.75, 3.05) is 17.3 Å². The lowest BCUT2D eigenvalue weighted by molar-refractivity contribution is 0.485. The van der Waals surface area contributed by atoms with Crippen LogP contribution < -0.4 is 9.19 Å². The minimum atomic E-state index is -3.53. The van der Waals surface area contributed by atoms with Gasteiger partial charge in [-0.05, 0) is 67.3 Å². The Morgan fingerprint density at radius 3 is 2.54 bits per heavy atom. The highest BCUT2D eigenvalue weighted by molar-refractivity contribution is 7.87. The number of nitrogens with zero attached hydrogens (tertiary/aromatic N) is 2. The predicted molar refractivity (Wildman–Crippen MR) is 106 cm³/mol. The molecule has 0 fully saturated rings. The van der Waals surface area contributed by atoms with E-state index in [2.05, 4.69) is 11.2 Å². The molecule has 1 heterocycles. The van der Waals surface area contributed by atoms with Gasteiger partial charge in [-0.2, -0.15) is 13.5 Å². The second-order valence-corrected chi connectivity index (χ2v) is 8.05. The van der Waals surface area contributed by atoms with Crippen molar-refractivity contribution in [1.29, 1.82) is 0 Å². The van der Waals surface area contributed by atoms with Crippen molar-refractivity contribution in [1.82, 2.24) is 0 Å². The summed E-state index contributed by atoms with van der Waals surface area (Å²) in [6.45, 7) is 6.10. The van der Waals surface area contributed by atoms with Crippen molar-refractivity contribution in [2.24, 2.45) is 5.10 Å². The highest BCUT2D eigenvalue weighted by Crippen LogP contribution is 2.28. The fourth-order valence-corrected chi connectivity index (χ4v) is 3.27. The fraction of sp³-hybridized carbons (Fsp3) is 0.250. The second kappa shape index (κ2) is 7.33. The van der Waals surface area contributed by atoms with Crippen molar-refractivity contribution in [3.8, 4) is 5.75 Å². The van der Waals surface area contributed by atoms with Gasteiger partial charge in [0.05, 0.1) is 24.2 Å². The molecule has 0 aliphatic carbocycles. The molecule has 0 amide bonds. The Kier molecular flexibility index (Phi) is 5.13. The topological polar surface area (TPSA) is 59.0 Å². The number of para-hydroxylation sites is 1. The van der Waals surface area contributed by atoms with Crippen LogP contribution in [0, 0.1) is 13.8 Å². The number of hydrogen-bond donors (Lipinski definition) is 0. The summed E-state index contributed by atoms with van der Waals surface area (Å²) in [7, 11) is -3.53. The first-order valence-electron chi connectivity index (χ1n) is 8.49. The van der Waals surface area contributed by atoms with Crippen molar-refractivity contribution in [2.45, 2.75) is 20.8 Å². The molecule has 0 saturated heterocycles. The van der Waals surface area contributed by atoms with E-state index >= 15 is 0 Å². The van der Waals surface area contributed by atoms with Crippen molar-refractivity contribution >= 4 is 28.1 Å².